The molecule has 1 amide bonds. The molecule has 18 heavy (non-hydrogen) atoms. The van der Waals surface area contributed by atoms with Crippen LogP contribution in [-0.4, -0.2) is 31.8 Å². The predicted octanol–water partition coefficient (Wildman–Crippen LogP) is 2.13. The first-order chi connectivity index (χ1) is 8.63. The second-order valence-electron chi connectivity index (χ2n) is 3.15. The molecule has 2 aromatic rings. The van der Waals surface area contributed by atoms with Crippen LogP contribution in [0.15, 0.2) is 21.2 Å². The molecule has 0 unspecified atom stereocenters. The summed E-state index contributed by atoms with van der Waals surface area (Å²) >= 11 is 6.02. The molecule has 0 spiro atoms. The van der Waals surface area contributed by atoms with Gasteiger partial charge in [-0.1, -0.05) is 23.1 Å². The SMILES string of the molecule is Cc1nnc(SCC(=O)Nc2ncc(Br)cn2)s1. The summed E-state index contributed by atoms with van der Waals surface area (Å²) in [6.07, 6.45) is 3.15. The Morgan fingerprint density at radius 1 is 1.44 bits per heavy atom. The van der Waals surface area contributed by atoms with Gasteiger partial charge in [0.15, 0.2) is 4.34 Å². The number of aromatic nitrogens is 4. The Labute approximate surface area is 120 Å². The van der Waals surface area contributed by atoms with E-state index in [4.69, 9.17) is 0 Å². The number of hydrogen-bond acceptors (Lipinski definition) is 7. The van der Waals surface area contributed by atoms with Crippen molar-refractivity contribution >= 4 is 50.9 Å². The Balaban J connectivity index is 1.83. The second kappa shape index (κ2) is 6.21. The van der Waals surface area contributed by atoms with Gasteiger partial charge in [-0.15, -0.1) is 10.2 Å². The van der Waals surface area contributed by atoms with Crippen LogP contribution in [0.3, 0.4) is 0 Å². The van der Waals surface area contributed by atoms with Crippen LogP contribution in [-0.2, 0) is 4.79 Å². The fraction of sp³-hybridized carbons (Fsp3) is 0.222. The highest BCUT2D eigenvalue weighted by Crippen LogP contribution is 2.21. The third-order valence-corrected chi connectivity index (χ3v) is 4.09. The quantitative estimate of drug-likeness (QED) is 0.855. The molecule has 2 aromatic heterocycles. The average molecular weight is 346 g/mol. The summed E-state index contributed by atoms with van der Waals surface area (Å²) in [6, 6.07) is 0. The molecule has 0 aliphatic heterocycles. The van der Waals surface area contributed by atoms with Crippen LogP contribution in [0.5, 0.6) is 0 Å². The van der Waals surface area contributed by atoms with Crippen LogP contribution in [0.2, 0.25) is 0 Å². The molecule has 0 bridgehead atoms. The van der Waals surface area contributed by atoms with Crippen molar-refractivity contribution in [2.75, 3.05) is 11.1 Å². The van der Waals surface area contributed by atoms with Crippen molar-refractivity contribution in [3.05, 3.63) is 21.9 Å². The number of carbonyl (C=O) groups excluding carboxylic acids is 1. The molecule has 1 N–H and O–H groups in total. The third kappa shape index (κ3) is 4.00. The number of thioether (sulfide) groups is 1. The zero-order valence-corrected chi connectivity index (χ0v) is 12.5. The number of rotatable bonds is 4. The zero-order chi connectivity index (χ0) is 13.0. The summed E-state index contributed by atoms with van der Waals surface area (Å²) in [6.45, 7) is 1.87. The molecule has 0 radical (unpaired) electrons. The first-order valence-corrected chi connectivity index (χ1v) is 7.43. The Hall–Kier alpha value is -1.06. The fourth-order valence-corrected chi connectivity index (χ4v) is 2.82. The molecule has 2 rings (SSSR count). The van der Waals surface area contributed by atoms with Crippen molar-refractivity contribution < 1.29 is 4.79 Å². The van der Waals surface area contributed by atoms with Crippen molar-refractivity contribution in [2.45, 2.75) is 11.3 Å². The van der Waals surface area contributed by atoms with Gasteiger partial charge in [0.25, 0.3) is 0 Å². The van der Waals surface area contributed by atoms with E-state index in [1.165, 1.54) is 23.1 Å². The zero-order valence-electron chi connectivity index (χ0n) is 9.25. The van der Waals surface area contributed by atoms with Gasteiger partial charge < -0.3 is 0 Å². The number of amides is 1. The largest absolute Gasteiger partial charge is 0.294 e. The van der Waals surface area contributed by atoms with Crippen molar-refractivity contribution in [2.24, 2.45) is 0 Å². The topological polar surface area (TPSA) is 80.7 Å². The molecule has 2 heterocycles. The van der Waals surface area contributed by atoms with Crippen LogP contribution in [0.25, 0.3) is 0 Å². The molecule has 0 saturated carbocycles. The molecule has 9 heteroatoms. The molecule has 0 aliphatic rings. The van der Waals surface area contributed by atoms with Crippen molar-refractivity contribution in [3.63, 3.8) is 0 Å². The summed E-state index contributed by atoms with van der Waals surface area (Å²) < 4.78 is 1.54. The Morgan fingerprint density at radius 2 is 2.17 bits per heavy atom. The monoisotopic (exact) mass is 345 g/mol. The second-order valence-corrected chi connectivity index (χ2v) is 6.47. The van der Waals surface area contributed by atoms with Gasteiger partial charge in [0.05, 0.1) is 10.2 Å². The van der Waals surface area contributed by atoms with Crippen LogP contribution in [0, 0.1) is 6.92 Å². The summed E-state index contributed by atoms with van der Waals surface area (Å²) in [7, 11) is 0. The van der Waals surface area contributed by atoms with E-state index in [2.05, 4.69) is 41.4 Å². The first-order valence-electron chi connectivity index (χ1n) is 4.84. The third-order valence-electron chi connectivity index (χ3n) is 1.71. The van der Waals surface area contributed by atoms with Gasteiger partial charge >= 0.3 is 0 Å². The number of nitrogens with one attached hydrogen (secondary N) is 1. The van der Waals surface area contributed by atoms with E-state index in [0.717, 1.165) is 13.8 Å². The fourth-order valence-electron chi connectivity index (χ4n) is 1.00. The van der Waals surface area contributed by atoms with Gasteiger partial charge in [0.2, 0.25) is 11.9 Å². The van der Waals surface area contributed by atoms with Crippen molar-refractivity contribution in [3.8, 4) is 0 Å². The average Bonchev–Trinajstić information content (AvgIpc) is 2.76. The highest BCUT2D eigenvalue weighted by molar-refractivity contribution is 9.10. The Bertz CT molecular complexity index is 544. The molecule has 0 aromatic carbocycles. The van der Waals surface area contributed by atoms with E-state index >= 15 is 0 Å². The first kappa shape index (κ1) is 13.4. The van der Waals surface area contributed by atoms with Gasteiger partial charge in [-0.2, -0.15) is 0 Å². The van der Waals surface area contributed by atoms with Crippen molar-refractivity contribution in [1.82, 2.24) is 20.2 Å². The van der Waals surface area contributed by atoms with E-state index in [1.54, 1.807) is 12.4 Å². The van der Waals surface area contributed by atoms with Crippen LogP contribution in [0.4, 0.5) is 5.95 Å². The molecular formula is C9H8BrN5OS2. The summed E-state index contributed by atoms with van der Waals surface area (Å²) in [5.74, 6) is 0.376. The predicted molar refractivity (Wildman–Crippen MR) is 73.7 cm³/mol. The van der Waals surface area contributed by atoms with E-state index in [1.807, 2.05) is 6.92 Å². The lowest BCUT2D eigenvalue weighted by atomic mass is 10.6. The lowest BCUT2D eigenvalue weighted by molar-refractivity contribution is -0.113. The number of anilines is 1. The van der Waals surface area contributed by atoms with Gasteiger partial charge in [0, 0.05) is 12.4 Å². The minimum atomic E-state index is -0.171. The molecule has 0 atom stereocenters. The highest BCUT2D eigenvalue weighted by Gasteiger charge is 2.08. The van der Waals surface area contributed by atoms with E-state index in [0.29, 0.717) is 0 Å². The van der Waals surface area contributed by atoms with Gasteiger partial charge in [-0.25, -0.2) is 9.97 Å². The maximum Gasteiger partial charge on any atom is 0.237 e. The Kier molecular flexibility index (Phi) is 4.61. The molecular weight excluding hydrogens is 338 g/mol. The summed E-state index contributed by atoms with van der Waals surface area (Å²) in [5.41, 5.74) is 0. The van der Waals surface area contributed by atoms with Crippen molar-refractivity contribution in [1.29, 1.82) is 0 Å². The molecule has 94 valence electrons. The number of hydrogen-bond donors (Lipinski definition) is 1. The van der Waals surface area contributed by atoms with Crippen LogP contribution >= 0.6 is 39.0 Å². The van der Waals surface area contributed by atoms with Crippen LogP contribution < -0.4 is 5.32 Å². The minimum Gasteiger partial charge on any atom is -0.294 e. The lowest BCUT2D eigenvalue weighted by Gasteiger charge is -2.01. The van der Waals surface area contributed by atoms with E-state index in [9.17, 15) is 4.79 Å². The molecule has 6 nitrogen and oxygen atoms in total. The summed E-state index contributed by atoms with van der Waals surface area (Å²) in [5, 5.41) is 11.3. The number of nitrogens with zero attached hydrogens (tertiary/aromatic N) is 4. The normalized spacial score (nSPS) is 10.3. The van der Waals surface area contributed by atoms with Crippen LogP contribution in [0.1, 0.15) is 5.01 Å². The summed E-state index contributed by atoms with van der Waals surface area (Å²) in [4.78, 5) is 19.5. The maximum absolute atomic E-state index is 11.6. The van der Waals surface area contributed by atoms with Gasteiger partial charge in [-0.3, -0.25) is 10.1 Å². The smallest absolute Gasteiger partial charge is 0.237 e. The van der Waals surface area contributed by atoms with Gasteiger partial charge in [0.1, 0.15) is 5.01 Å². The minimum absolute atomic E-state index is 0.171. The van der Waals surface area contributed by atoms with E-state index < -0.39 is 0 Å². The maximum atomic E-state index is 11.6. The molecule has 0 saturated heterocycles. The lowest BCUT2D eigenvalue weighted by Crippen LogP contribution is -2.15. The molecule has 0 fully saturated rings. The highest BCUT2D eigenvalue weighted by atomic mass is 79.9. The Morgan fingerprint density at radius 3 is 2.78 bits per heavy atom. The van der Waals surface area contributed by atoms with Gasteiger partial charge in [-0.05, 0) is 22.9 Å². The standard InChI is InChI=1S/C9H8BrN5OS2/c1-5-14-15-9(18-5)17-4-7(16)13-8-11-2-6(10)3-12-8/h2-3H,4H2,1H3,(H,11,12,13,16). The van der Waals surface area contributed by atoms with E-state index in [-0.39, 0.29) is 17.6 Å². The number of carbonyl (C=O) groups is 1. The number of aryl methyl sites for hydroxylation is 1. The number of halogens is 1. The molecule has 0 aliphatic carbocycles.